The molecule has 2 aromatic carbocycles. The largest absolute Gasteiger partial charge is 0.458 e. The minimum absolute atomic E-state index is 0.186. The molecule has 2 rings (SSSR count). The Morgan fingerprint density at radius 3 is 1.96 bits per heavy atom. The first kappa shape index (κ1) is 37.0. The number of alkyl carbamates (subject to hydrolysis) is 1. The number of nitrogens with zero attached hydrogens (tertiary/aromatic N) is 1. The summed E-state index contributed by atoms with van der Waals surface area (Å²) in [6.07, 6.45) is 1.10. The maximum Gasteiger partial charge on any atom is 0.408 e. The van der Waals surface area contributed by atoms with Crippen molar-refractivity contribution >= 4 is 30.0 Å². The van der Waals surface area contributed by atoms with Gasteiger partial charge in [0.05, 0.1) is 0 Å². The lowest BCUT2D eigenvalue weighted by atomic mass is 9.96. The van der Waals surface area contributed by atoms with Crippen LogP contribution in [0.15, 0.2) is 61.2 Å². The van der Waals surface area contributed by atoms with Crippen molar-refractivity contribution in [2.45, 2.75) is 111 Å². The van der Waals surface area contributed by atoms with E-state index in [4.69, 9.17) is 9.47 Å². The molecule has 0 aliphatic carbocycles. The third kappa shape index (κ3) is 11.7. The van der Waals surface area contributed by atoms with Crippen molar-refractivity contribution in [2.24, 2.45) is 5.92 Å². The maximum absolute atomic E-state index is 14.4. The van der Waals surface area contributed by atoms with E-state index in [1.54, 1.807) is 79.7 Å². The molecular formula is C36H51N3O6. The van der Waals surface area contributed by atoms with Crippen LogP contribution in [0.3, 0.4) is 0 Å². The molecule has 0 saturated carbocycles. The second kappa shape index (κ2) is 15.7. The molecule has 0 aliphatic rings. The van der Waals surface area contributed by atoms with Gasteiger partial charge in [-0.1, -0.05) is 75.0 Å². The molecule has 0 aliphatic heterocycles. The molecule has 0 heterocycles. The van der Waals surface area contributed by atoms with Gasteiger partial charge < -0.3 is 25.0 Å². The first-order chi connectivity index (χ1) is 20.8. The summed E-state index contributed by atoms with van der Waals surface area (Å²) in [6.45, 7) is 21.6. The topological polar surface area (TPSA) is 114 Å². The molecule has 0 saturated heterocycles. The van der Waals surface area contributed by atoms with Crippen LogP contribution in [0.4, 0.5) is 4.79 Å². The van der Waals surface area contributed by atoms with Crippen LogP contribution in [0.1, 0.15) is 92.0 Å². The fourth-order valence-electron chi connectivity index (χ4n) is 4.75. The van der Waals surface area contributed by atoms with Crippen LogP contribution in [0.5, 0.6) is 0 Å². The van der Waals surface area contributed by atoms with E-state index in [1.807, 2.05) is 50.2 Å². The number of rotatable bonds is 12. The number of carbonyl (C=O) groups is 4. The highest BCUT2D eigenvalue weighted by Crippen LogP contribution is 2.28. The standard InChI is InChI=1S/C36H51N3O6/c1-12-25-19-16-20-27(21-25)30(39(24(4)5)32(41)29(23(2)3)38-34(43)45-36(9,10)11)31(40)37-28(33(42)44-35(6,7)8)22-26-17-14-13-15-18-26/h12-21,23-24,28-30H,1,22H2,2-11H3,(H,37,40)(H,38,43). The fourth-order valence-corrected chi connectivity index (χ4v) is 4.75. The summed E-state index contributed by atoms with van der Waals surface area (Å²) in [7, 11) is 0. The van der Waals surface area contributed by atoms with Crippen molar-refractivity contribution in [3.05, 3.63) is 77.9 Å². The van der Waals surface area contributed by atoms with Gasteiger partial charge in [-0.3, -0.25) is 9.59 Å². The Kier molecular flexibility index (Phi) is 13.0. The van der Waals surface area contributed by atoms with Crippen molar-refractivity contribution in [3.8, 4) is 0 Å². The highest BCUT2D eigenvalue weighted by atomic mass is 16.6. The molecule has 3 unspecified atom stereocenters. The van der Waals surface area contributed by atoms with E-state index < -0.39 is 59.2 Å². The molecule has 2 aromatic rings. The van der Waals surface area contributed by atoms with Crippen molar-refractivity contribution in [3.63, 3.8) is 0 Å². The van der Waals surface area contributed by atoms with Gasteiger partial charge in [0.1, 0.15) is 29.3 Å². The molecule has 9 heteroatoms. The third-order valence-corrected chi connectivity index (χ3v) is 6.69. The summed E-state index contributed by atoms with van der Waals surface area (Å²) in [6, 6.07) is 12.8. The predicted molar refractivity (Wildman–Crippen MR) is 177 cm³/mol. The highest BCUT2D eigenvalue weighted by Gasteiger charge is 2.40. The molecule has 0 aromatic heterocycles. The first-order valence-corrected chi connectivity index (χ1v) is 15.4. The Hall–Kier alpha value is -4.14. The predicted octanol–water partition coefficient (Wildman–Crippen LogP) is 6.23. The Morgan fingerprint density at radius 2 is 1.44 bits per heavy atom. The Morgan fingerprint density at radius 1 is 0.844 bits per heavy atom. The quantitative estimate of drug-likeness (QED) is 0.272. The van der Waals surface area contributed by atoms with Gasteiger partial charge in [0.2, 0.25) is 11.8 Å². The number of esters is 1. The van der Waals surface area contributed by atoms with Gasteiger partial charge in [-0.25, -0.2) is 9.59 Å². The number of hydrogen-bond acceptors (Lipinski definition) is 6. The van der Waals surface area contributed by atoms with Gasteiger partial charge in [-0.2, -0.15) is 0 Å². The molecule has 0 bridgehead atoms. The number of ether oxygens (including phenoxy) is 2. The van der Waals surface area contributed by atoms with Gasteiger partial charge in [0.25, 0.3) is 0 Å². The zero-order valence-corrected chi connectivity index (χ0v) is 28.5. The molecule has 0 spiro atoms. The van der Waals surface area contributed by atoms with Crippen molar-refractivity contribution in [2.75, 3.05) is 0 Å². The van der Waals surface area contributed by atoms with E-state index in [0.717, 1.165) is 11.1 Å². The monoisotopic (exact) mass is 621 g/mol. The van der Waals surface area contributed by atoms with E-state index in [0.29, 0.717) is 5.56 Å². The van der Waals surface area contributed by atoms with Gasteiger partial charge in [0.15, 0.2) is 0 Å². The number of hydrogen-bond donors (Lipinski definition) is 2. The lowest BCUT2D eigenvalue weighted by Gasteiger charge is -2.38. The summed E-state index contributed by atoms with van der Waals surface area (Å²) >= 11 is 0. The lowest BCUT2D eigenvalue weighted by Crippen LogP contribution is -2.57. The molecule has 3 amide bonds. The molecular weight excluding hydrogens is 570 g/mol. The minimum Gasteiger partial charge on any atom is -0.458 e. The van der Waals surface area contributed by atoms with Crippen LogP contribution in [-0.2, 0) is 30.3 Å². The van der Waals surface area contributed by atoms with Crippen LogP contribution >= 0.6 is 0 Å². The summed E-state index contributed by atoms with van der Waals surface area (Å²) in [4.78, 5) is 56.5. The van der Waals surface area contributed by atoms with Crippen LogP contribution in [0, 0.1) is 5.92 Å². The summed E-state index contributed by atoms with van der Waals surface area (Å²) < 4.78 is 11.1. The lowest BCUT2D eigenvalue weighted by molar-refractivity contribution is -0.159. The van der Waals surface area contributed by atoms with Gasteiger partial charge >= 0.3 is 12.1 Å². The normalized spacial score (nSPS) is 13.8. The van der Waals surface area contributed by atoms with Gasteiger partial charge in [-0.15, -0.1) is 0 Å². The summed E-state index contributed by atoms with van der Waals surface area (Å²) in [5, 5.41) is 5.63. The first-order valence-electron chi connectivity index (χ1n) is 15.4. The average molecular weight is 622 g/mol. The summed E-state index contributed by atoms with van der Waals surface area (Å²) in [5.74, 6) is -1.95. The number of amides is 3. The zero-order chi connectivity index (χ0) is 34.1. The van der Waals surface area contributed by atoms with Crippen LogP contribution in [0.2, 0.25) is 0 Å². The minimum atomic E-state index is -1.15. The smallest absolute Gasteiger partial charge is 0.408 e. The maximum atomic E-state index is 14.4. The van der Waals surface area contributed by atoms with Crippen molar-refractivity contribution < 1.29 is 28.7 Å². The molecule has 2 N–H and O–H groups in total. The average Bonchev–Trinajstić information content (AvgIpc) is 2.92. The molecule has 0 radical (unpaired) electrons. The van der Waals surface area contributed by atoms with E-state index >= 15 is 0 Å². The molecule has 9 nitrogen and oxygen atoms in total. The van der Waals surface area contributed by atoms with Crippen LogP contribution < -0.4 is 10.6 Å². The molecule has 246 valence electrons. The van der Waals surface area contributed by atoms with E-state index in [9.17, 15) is 19.2 Å². The van der Waals surface area contributed by atoms with Crippen molar-refractivity contribution in [1.82, 2.24) is 15.5 Å². The Labute approximate surface area is 268 Å². The molecule has 45 heavy (non-hydrogen) atoms. The fraction of sp³-hybridized carbons (Fsp3) is 0.500. The number of benzene rings is 2. The number of carbonyl (C=O) groups excluding carboxylic acids is 4. The zero-order valence-electron chi connectivity index (χ0n) is 28.5. The Bertz CT molecular complexity index is 1320. The van der Waals surface area contributed by atoms with Crippen LogP contribution in [-0.4, -0.2) is 58.1 Å². The van der Waals surface area contributed by atoms with E-state index in [2.05, 4.69) is 17.2 Å². The molecule has 0 fully saturated rings. The second-order valence-corrected chi connectivity index (χ2v) is 13.8. The van der Waals surface area contributed by atoms with E-state index in [-0.39, 0.29) is 12.3 Å². The molecule has 3 atom stereocenters. The second-order valence-electron chi connectivity index (χ2n) is 13.8. The van der Waals surface area contributed by atoms with Gasteiger partial charge in [-0.05, 0) is 84.1 Å². The van der Waals surface area contributed by atoms with Gasteiger partial charge in [0, 0.05) is 12.5 Å². The van der Waals surface area contributed by atoms with Crippen LogP contribution in [0.25, 0.3) is 6.08 Å². The van der Waals surface area contributed by atoms with Crippen molar-refractivity contribution in [1.29, 1.82) is 0 Å². The Balaban J connectivity index is 2.62. The van der Waals surface area contributed by atoms with E-state index in [1.165, 1.54) is 4.90 Å². The highest BCUT2D eigenvalue weighted by molar-refractivity contribution is 5.94. The summed E-state index contributed by atoms with van der Waals surface area (Å²) in [5.41, 5.74) is 0.551. The third-order valence-electron chi connectivity index (χ3n) is 6.69. The SMILES string of the molecule is C=Cc1cccc(C(C(=O)NC(Cc2ccccc2)C(=O)OC(C)(C)C)N(C(=O)C(NC(=O)OC(C)(C)C)C(C)C)C(C)C)c1. The number of nitrogens with one attached hydrogen (secondary N) is 2.